The summed E-state index contributed by atoms with van der Waals surface area (Å²) < 4.78 is 18.8. The number of hydrogen-bond acceptors (Lipinski definition) is 3. The van der Waals surface area contributed by atoms with Crippen molar-refractivity contribution in [1.82, 2.24) is 4.98 Å². The van der Waals surface area contributed by atoms with Crippen molar-refractivity contribution >= 4 is 0 Å². The molecule has 1 atom stereocenters. The Balaban J connectivity index is 2.02. The van der Waals surface area contributed by atoms with Crippen molar-refractivity contribution in [2.45, 2.75) is 18.9 Å². The zero-order chi connectivity index (χ0) is 13.7. The third kappa shape index (κ3) is 3.51. The Morgan fingerprint density at radius 2 is 2.21 bits per heavy atom. The smallest absolute Gasteiger partial charge is 0.131 e. The van der Waals surface area contributed by atoms with Gasteiger partial charge in [-0.15, -0.1) is 0 Å². The van der Waals surface area contributed by atoms with Crippen LogP contribution >= 0.6 is 0 Å². The van der Waals surface area contributed by atoms with Crippen molar-refractivity contribution in [2.75, 3.05) is 7.11 Å². The first-order chi connectivity index (χ1) is 9.20. The van der Waals surface area contributed by atoms with Crippen LogP contribution < -0.4 is 10.5 Å². The van der Waals surface area contributed by atoms with Crippen LogP contribution in [0.3, 0.4) is 0 Å². The minimum atomic E-state index is -0.328. The SMILES string of the molecule is COc1ccc(C(N)CCc2cccnc2)c(F)c1. The van der Waals surface area contributed by atoms with Gasteiger partial charge < -0.3 is 10.5 Å². The number of nitrogens with two attached hydrogens (primary N) is 1. The zero-order valence-electron chi connectivity index (χ0n) is 10.8. The zero-order valence-corrected chi connectivity index (χ0v) is 10.8. The summed E-state index contributed by atoms with van der Waals surface area (Å²) in [5.41, 5.74) is 7.66. The number of methoxy groups -OCH3 is 1. The lowest BCUT2D eigenvalue weighted by atomic mass is 10.00. The van der Waals surface area contributed by atoms with Crippen LogP contribution in [0.4, 0.5) is 4.39 Å². The summed E-state index contributed by atoms with van der Waals surface area (Å²) >= 11 is 0. The van der Waals surface area contributed by atoms with Gasteiger partial charge in [-0.2, -0.15) is 0 Å². The predicted molar refractivity (Wildman–Crippen MR) is 72.4 cm³/mol. The number of benzene rings is 1. The van der Waals surface area contributed by atoms with Gasteiger partial charge >= 0.3 is 0 Å². The van der Waals surface area contributed by atoms with Gasteiger partial charge in [0.25, 0.3) is 0 Å². The van der Waals surface area contributed by atoms with E-state index in [4.69, 9.17) is 10.5 Å². The molecule has 1 heterocycles. The summed E-state index contributed by atoms with van der Waals surface area (Å²) in [7, 11) is 1.51. The number of rotatable bonds is 5. The first kappa shape index (κ1) is 13.5. The van der Waals surface area contributed by atoms with Gasteiger partial charge in [-0.25, -0.2) is 4.39 Å². The van der Waals surface area contributed by atoms with E-state index in [2.05, 4.69) is 4.98 Å². The number of nitrogens with zero attached hydrogens (tertiary/aromatic N) is 1. The van der Waals surface area contributed by atoms with Crippen molar-refractivity contribution < 1.29 is 9.13 Å². The van der Waals surface area contributed by atoms with Crippen molar-refractivity contribution in [1.29, 1.82) is 0 Å². The average molecular weight is 260 g/mol. The molecule has 2 N–H and O–H groups in total. The first-order valence-electron chi connectivity index (χ1n) is 6.18. The Bertz CT molecular complexity index is 531. The maximum atomic E-state index is 13.8. The summed E-state index contributed by atoms with van der Waals surface area (Å²) in [5.74, 6) is 0.179. The monoisotopic (exact) mass is 260 g/mol. The van der Waals surface area contributed by atoms with Gasteiger partial charge in [0.1, 0.15) is 11.6 Å². The standard InChI is InChI=1S/C15H17FN2O/c1-19-12-5-6-13(14(16)9-12)15(17)7-4-11-3-2-8-18-10-11/h2-3,5-6,8-10,15H,4,7,17H2,1H3. The highest BCUT2D eigenvalue weighted by Gasteiger charge is 2.12. The molecule has 19 heavy (non-hydrogen) atoms. The number of pyridine rings is 1. The molecule has 0 spiro atoms. The van der Waals surface area contributed by atoms with E-state index in [1.54, 1.807) is 24.5 Å². The van der Waals surface area contributed by atoms with E-state index in [1.165, 1.54) is 13.2 Å². The molecule has 3 nitrogen and oxygen atoms in total. The molecule has 1 aromatic carbocycles. The summed E-state index contributed by atoms with van der Waals surface area (Å²) in [4.78, 5) is 4.04. The molecule has 0 radical (unpaired) electrons. The third-order valence-corrected chi connectivity index (χ3v) is 3.07. The Morgan fingerprint density at radius 3 is 2.84 bits per heavy atom. The van der Waals surface area contributed by atoms with E-state index in [1.807, 2.05) is 12.1 Å². The molecule has 0 aliphatic heterocycles. The molecule has 2 aromatic rings. The fourth-order valence-corrected chi connectivity index (χ4v) is 1.96. The Labute approximate surface area is 112 Å². The molecular formula is C15H17FN2O. The molecule has 0 aliphatic rings. The second kappa shape index (κ2) is 6.29. The molecule has 0 saturated heterocycles. The van der Waals surface area contributed by atoms with E-state index in [0.717, 1.165) is 12.0 Å². The first-order valence-corrected chi connectivity index (χ1v) is 6.18. The third-order valence-electron chi connectivity index (χ3n) is 3.07. The van der Waals surface area contributed by atoms with Crippen molar-refractivity contribution in [2.24, 2.45) is 5.73 Å². The largest absolute Gasteiger partial charge is 0.497 e. The van der Waals surface area contributed by atoms with Gasteiger partial charge in [-0.3, -0.25) is 4.98 Å². The van der Waals surface area contributed by atoms with E-state index in [9.17, 15) is 4.39 Å². The molecule has 0 aliphatic carbocycles. The van der Waals surface area contributed by atoms with Crippen molar-refractivity contribution in [3.05, 3.63) is 59.7 Å². The lowest BCUT2D eigenvalue weighted by molar-refractivity contribution is 0.410. The van der Waals surface area contributed by atoms with E-state index >= 15 is 0 Å². The van der Waals surface area contributed by atoms with Gasteiger partial charge in [0.05, 0.1) is 7.11 Å². The van der Waals surface area contributed by atoms with E-state index in [-0.39, 0.29) is 11.9 Å². The number of aryl methyl sites for hydroxylation is 1. The van der Waals surface area contributed by atoms with Gasteiger partial charge in [0.2, 0.25) is 0 Å². The topological polar surface area (TPSA) is 48.1 Å². The molecular weight excluding hydrogens is 243 g/mol. The molecule has 1 unspecified atom stereocenters. The Kier molecular flexibility index (Phi) is 4.47. The van der Waals surface area contributed by atoms with Crippen molar-refractivity contribution in [3.8, 4) is 5.75 Å². The number of halogens is 1. The average Bonchev–Trinajstić information content (AvgIpc) is 2.45. The molecule has 0 amide bonds. The minimum Gasteiger partial charge on any atom is -0.497 e. The fourth-order valence-electron chi connectivity index (χ4n) is 1.96. The van der Waals surface area contributed by atoms with Crippen LogP contribution in [0, 0.1) is 5.82 Å². The van der Waals surface area contributed by atoms with Crippen LogP contribution in [0.15, 0.2) is 42.7 Å². The Morgan fingerprint density at radius 1 is 1.37 bits per heavy atom. The molecule has 0 saturated carbocycles. The summed E-state index contributed by atoms with van der Waals surface area (Å²) in [5, 5.41) is 0. The highest BCUT2D eigenvalue weighted by atomic mass is 19.1. The number of hydrogen-bond donors (Lipinski definition) is 1. The molecule has 4 heteroatoms. The predicted octanol–water partition coefficient (Wildman–Crippen LogP) is 2.86. The second-order valence-corrected chi connectivity index (χ2v) is 4.39. The number of ether oxygens (including phenoxy) is 1. The molecule has 1 aromatic heterocycles. The molecule has 100 valence electrons. The lowest BCUT2D eigenvalue weighted by Gasteiger charge is -2.13. The summed E-state index contributed by atoms with van der Waals surface area (Å²) in [6.45, 7) is 0. The fraction of sp³-hybridized carbons (Fsp3) is 0.267. The van der Waals surface area contributed by atoms with Crippen LogP contribution in [-0.4, -0.2) is 12.1 Å². The highest BCUT2D eigenvalue weighted by molar-refractivity contribution is 5.30. The van der Waals surface area contributed by atoms with E-state index < -0.39 is 0 Å². The normalized spacial score (nSPS) is 12.2. The quantitative estimate of drug-likeness (QED) is 0.899. The summed E-state index contributed by atoms with van der Waals surface area (Å²) in [6, 6.07) is 8.31. The maximum Gasteiger partial charge on any atom is 0.131 e. The molecule has 0 bridgehead atoms. The van der Waals surface area contributed by atoms with Crippen LogP contribution in [0.25, 0.3) is 0 Å². The lowest BCUT2D eigenvalue weighted by Crippen LogP contribution is -2.13. The van der Waals surface area contributed by atoms with Gasteiger partial charge in [-0.05, 0) is 30.5 Å². The van der Waals surface area contributed by atoms with Gasteiger partial charge in [-0.1, -0.05) is 12.1 Å². The van der Waals surface area contributed by atoms with Gasteiger partial charge in [0.15, 0.2) is 0 Å². The van der Waals surface area contributed by atoms with Gasteiger partial charge in [0, 0.05) is 30.1 Å². The van der Waals surface area contributed by atoms with E-state index in [0.29, 0.717) is 17.7 Å². The van der Waals surface area contributed by atoms with Crippen LogP contribution in [0.2, 0.25) is 0 Å². The van der Waals surface area contributed by atoms with Crippen molar-refractivity contribution in [3.63, 3.8) is 0 Å². The minimum absolute atomic E-state index is 0.321. The van der Waals surface area contributed by atoms with Crippen LogP contribution in [-0.2, 0) is 6.42 Å². The number of aromatic nitrogens is 1. The summed E-state index contributed by atoms with van der Waals surface area (Å²) in [6.07, 6.45) is 4.99. The molecule has 0 fully saturated rings. The molecule has 2 rings (SSSR count). The second-order valence-electron chi connectivity index (χ2n) is 4.39. The maximum absolute atomic E-state index is 13.8. The Hall–Kier alpha value is -1.94. The van der Waals surface area contributed by atoms with Crippen LogP contribution in [0.1, 0.15) is 23.6 Å². The highest BCUT2D eigenvalue weighted by Crippen LogP contribution is 2.23. The van der Waals surface area contributed by atoms with Crippen LogP contribution in [0.5, 0.6) is 5.75 Å².